The molecule has 188 valence electrons. The van der Waals surface area contributed by atoms with E-state index in [2.05, 4.69) is 10.6 Å². The summed E-state index contributed by atoms with van der Waals surface area (Å²) < 4.78 is 15.0. The van der Waals surface area contributed by atoms with Crippen molar-refractivity contribution in [1.82, 2.24) is 10.6 Å². The number of carbonyl (C=O) groups is 4. The molecule has 0 heterocycles. The molecule has 0 fully saturated rings. The number of benzene rings is 2. The van der Waals surface area contributed by atoms with Crippen molar-refractivity contribution in [1.29, 1.82) is 0 Å². The van der Waals surface area contributed by atoms with Crippen LogP contribution in [0.1, 0.15) is 49.7 Å². The molecule has 0 unspecified atom stereocenters. The van der Waals surface area contributed by atoms with E-state index in [1.165, 1.54) is 0 Å². The fourth-order valence-electron chi connectivity index (χ4n) is 2.95. The number of esters is 2. The molecule has 0 aromatic heterocycles. The third kappa shape index (κ3) is 13.4. The molecule has 9 heteroatoms. The largest absolute Gasteiger partial charge is 0.445 e. The van der Waals surface area contributed by atoms with Crippen molar-refractivity contribution in [3.8, 4) is 0 Å². The molecule has 0 aliphatic heterocycles. The first-order valence-electron chi connectivity index (χ1n) is 11.7. The lowest BCUT2D eigenvalue weighted by Crippen LogP contribution is -2.25. The van der Waals surface area contributed by atoms with Crippen molar-refractivity contribution in [2.75, 3.05) is 13.1 Å². The van der Waals surface area contributed by atoms with Crippen LogP contribution >= 0.6 is 0 Å². The molecule has 0 aliphatic rings. The molecule has 35 heavy (non-hydrogen) atoms. The Balaban J connectivity index is 1.40. The van der Waals surface area contributed by atoms with Crippen molar-refractivity contribution in [2.24, 2.45) is 0 Å². The zero-order valence-electron chi connectivity index (χ0n) is 19.7. The minimum absolute atomic E-state index is 0.0846. The molecule has 2 rings (SSSR count). The second-order valence-corrected chi connectivity index (χ2v) is 7.74. The number of carbonyl (C=O) groups excluding carboxylic acids is 4. The molecular formula is C26H32N2O7. The van der Waals surface area contributed by atoms with E-state index < -0.39 is 24.1 Å². The van der Waals surface area contributed by atoms with Crippen molar-refractivity contribution in [2.45, 2.75) is 51.7 Å². The van der Waals surface area contributed by atoms with Gasteiger partial charge in [0.15, 0.2) is 0 Å². The van der Waals surface area contributed by atoms with E-state index in [0.29, 0.717) is 38.8 Å². The van der Waals surface area contributed by atoms with E-state index in [9.17, 15) is 19.2 Å². The Labute approximate surface area is 205 Å². The molecule has 0 radical (unpaired) electrons. The number of rotatable bonds is 14. The van der Waals surface area contributed by atoms with Crippen LogP contribution in [0.4, 0.5) is 9.59 Å². The second kappa shape index (κ2) is 16.7. The van der Waals surface area contributed by atoms with E-state index in [1.807, 2.05) is 60.7 Å². The Morgan fingerprint density at radius 1 is 0.571 bits per heavy atom. The van der Waals surface area contributed by atoms with E-state index >= 15 is 0 Å². The first-order chi connectivity index (χ1) is 17.0. The van der Waals surface area contributed by atoms with Gasteiger partial charge in [-0.2, -0.15) is 0 Å². The number of nitrogens with one attached hydrogen (secondary N) is 2. The maximum Gasteiger partial charge on any atom is 0.407 e. The summed E-state index contributed by atoms with van der Waals surface area (Å²) >= 11 is 0. The molecule has 0 saturated heterocycles. The van der Waals surface area contributed by atoms with E-state index in [4.69, 9.17) is 14.2 Å². The van der Waals surface area contributed by atoms with Gasteiger partial charge in [0.2, 0.25) is 0 Å². The lowest BCUT2D eigenvalue weighted by molar-refractivity contribution is -0.159. The Hall–Kier alpha value is -3.88. The lowest BCUT2D eigenvalue weighted by Gasteiger charge is -2.07. The van der Waals surface area contributed by atoms with Gasteiger partial charge in [-0.1, -0.05) is 60.7 Å². The van der Waals surface area contributed by atoms with Crippen molar-refractivity contribution < 1.29 is 33.4 Å². The highest BCUT2D eigenvalue weighted by Crippen LogP contribution is 2.04. The summed E-state index contributed by atoms with van der Waals surface area (Å²) in [7, 11) is 0. The maximum absolute atomic E-state index is 11.7. The van der Waals surface area contributed by atoms with Gasteiger partial charge in [-0.25, -0.2) is 9.59 Å². The summed E-state index contributed by atoms with van der Waals surface area (Å²) in [4.78, 5) is 46.8. The van der Waals surface area contributed by atoms with Gasteiger partial charge < -0.3 is 24.8 Å². The van der Waals surface area contributed by atoms with Gasteiger partial charge in [-0.15, -0.1) is 0 Å². The molecule has 0 spiro atoms. The molecule has 0 atom stereocenters. The first kappa shape index (κ1) is 27.4. The number of amides is 2. The monoisotopic (exact) mass is 484 g/mol. The van der Waals surface area contributed by atoms with Crippen molar-refractivity contribution in [3.05, 3.63) is 71.8 Å². The van der Waals surface area contributed by atoms with Crippen LogP contribution < -0.4 is 10.6 Å². The van der Waals surface area contributed by atoms with E-state index in [0.717, 1.165) is 11.1 Å². The summed E-state index contributed by atoms with van der Waals surface area (Å²) in [5.74, 6) is -1.19. The van der Waals surface area contributed by atoms with Gasteiger partial charge in [0.1, 0.15) is 13.2 Å². The molecule has 0 saturated carbocycles. The van der Waals surface area contributed by atoms with Gasteiger partial charge in [0.05, 0.1) is 0 Å². The zero-order chi connectivity index (χ0) is 25.1. The number of hydrogen-bond donors (Lipinski definition) is 2. The van der Waals surface area contributed by atoms with Crippen LogP contribution in [0.5, 0.6) is 0 Å². The summed E-state index contributed by atoms with van der Waals surface area (Å²) in [6.45, 7) is 1.09. The Morgan fingerprint density at radius 3 is 1.37 bits per heavy atom. The quantitative estimate of drug-likeness (QED) is 0.178. The number of unbranched alkanes of at least 4 members (excludes halogenated alkanes) is 2. The molecular weight excluding hydrogens is 452 g/mol. The highest BCUT2D eigenvalue weighted by Gasteiger charge is 2.11. The van der Waals surface area contributed by atoms with Crippen LogP contribution in [-0.4, -0.2) is 37.2 Å². The van der Waals surface area contributed by atoms with Gasteiger partial charge in [0.25, 0.3) is 0 Å². The minimum atomic E-state index is -0.593. The van der Waals surface area contributed by atoms with Gasteiger partial charge in [-0.3, -0.25) is 9.59 Å². The Bertz CT molecular complexity index is 844. The third-order valence-corrected chi connectivity index (χ3v) is 4.81. The SMILES string of the molecule is O=C(CCCCNC(=O)OCc1ccccc1)OC(=O)CCCCNC(=O)OCc1ccccc1. The zero-order valence-corrected chi connectivity index (χ0v) is 19.7. The van der Waals surface area contributed by atoms with Crippen LogP contribution in [-0.2, 0) is 37.0 Å². The van der Waals surface area contributed by atoms with E-state index in [1.54, 1.807) is 0 Å². The fourth-order valence-corrected chi connectivity index (χ4v) is 2.95. The van der Waals surface area contributed by atoms with Gasteiger partial charge in [-0.05, 0) is 36.8 Å². The highest BCUT2D eigenvalue weighted by molar-refractivity contribution is 5.85. The Morgan fingerprint density at radius 2 is 0.971 bits per heavy atom. The number of ether oxygens (including phenoxy) is 3. The lowest BCUT2D eigenvalue weighted by atomic mass is 10.2. The van der Waals surface area contributed by atoms with Crippen molar-refractivity contribution in [3.63, 3.8) is 0 Å². The summed E-state index contributed by atoms with van der Waals surface area (Å²) in [6.07, 6.45) is 1.17. The normalized spacial score (nSPS) is 10.2. The predicted octanol–water partition coefficient (Wildman–Crippen LogP) is 4.25. The Kier molecular flexibility index (Phi) is 13.0. The van der Waals surface area contributed by atoms with Crippen LogP contribution in [0.25, 0.3) is 0 Å². The third-order valence-electron chi connectivity index (χ3n) is 4.81. The van der Waals surface area contributed by atoms with Crippen LogP contribution in [0.3, 0.4) is 0 Å². The van der Waals surface area contributed by atoms with Gasteiger partial charge >= 0.3 is 24.1 Å². The average Bonchev–Trinajstić information content (AvgIpc) is 2.87. The van der Waals surface area contributed by atoms with Crippen LogP contribution in [0.15, 0.2) is 60.7 Å². The first-order valence-corrected chi connectivity index (χ1v) is 11.7. The molecule has 0 aliphatic carbocycles. The standard InChI is InChI=1S/C26H32N2O7/c29-23(15-7-9-17-27-25(31)33-19-21-11-3-1-4-12-21)35-24(30)16-8-10-18-28-26(32)34-20-22-13-5-2-6-14-22/h1-6,11-14H,7-10,15-20H2,(H,27,31)(H,28,32). The fraction of sp³-hybridized carbons (Fsp3) is 0.385. The second-order valence-electron chi connectivity index (χ2n) is 7.74. The highest BCUT2D eigenvalue weighted by atomic mass is 16.6. The average molecular weight is 485 g/mol. The summed E-state index contributed by atoms with van der Waals surface area (Å²) in [6, 6.07) is 18.7. The molecule has 2 aromatic rings. The van der Waals surface area contributed by atoms with Crippen molar-refractivity contribution >= 4 is 24.1 Å². The van der Waals surface area contributed by atoms with E-state index in [-0.39, 0.29) is 26.1 Å². The topological polar surface area (TPSA) is 120 Å². The smallest absolute Gasteiger partial charge is 0.407 e. The maximum atomic E-state index is 11.7. The minimum Gasteiger partial charge on any atom is -0.445 e. The summed E-state index contributed by atoms with van der Waals surface area (Å²) in [5.41, 5.74) is 1.79. The summed E-state index contributed by atoms with van der Waals surface area (Å²) in [5, 5.41) is 5.22. The molecule has 2 amide bonds. The van der Waals surface area contributed by atoms with Crippen LogP contribution in [0.2, 0.25) is 0 Å². The number of hydrogen-bond acceptors (Lipinski definition) is 7. The van der Waals surface area contributed by atoms with Gasteiger partial charge in [0, 0.05) is 25.9 Å². The molecule has 0 bridgehead atoms. The predicted molar refractivity (Wildman–Crippen MR) is 128 cm³/mol. The number of alkyl carbamates (subject to hydrolysis) is 2. The van der Waals surface area contributed by atoms with Crippen LogP contribution in [0, 0.1) is 0 Å². The molecule has 2 N–H and O–H groups in total. The molecule has 2 aromatic carbocycles. The molecule has 9 nitrogen and oxygen atoms in total.